The summed E-state index contributed by atoms with van der Waals surface area (Å²) in [6.07, 6.45) is 0. The largest absolute Gasteiger partial charge is 0.110 e. The summed E-state index contributed by atoms with van der Waals surface area (Å²) in [6.45, 7) is 11.6. The Morgan fingerprint density at radius 3 is 1.38 bits per heavy atom. The van der Waals surface area contributed by atoms with E-state index in [9.17, 15) is 0 Å². The van der Waals surface area contributed by atoms with Crippen LogP contribution in [0.1, 0.15) is 20.8 Å². The Kier molecular flexibility index (Phi) is 3.64. The average molecular weight is 132 g/mol. The van der Waals surface area contributed by atoms with Crippen LogP contribution >= 0.6 is 7.92 Å². The first-order valence-electron chi connectivity index (χ1n) is 3.22. The van der Waals surface area contributed by atoms with Crippen molar-refractivity contribution >= 4 is 7.92 Å². The topological polar surface area (TPSA) is 0 Å². The van der Waals surface area contributed by atoms with Crippen molar-refractivity contribution in [1.82, 2.24) is 0 Å². The lowest BCUT2D eigenvalue weighted by Crippen LogP contribution is -2.06. The maximum atomic E-state index is 2.35. The molecule has 50 valence electrons. The van der Waals surface area contributed by atoms with E-state index in [1.165, 1.54) is 0 Å². The van der Waals surface area contributed by atoms with Gasteiger partial charge in [0, 0.05) is 0 Å². The van der Waals surface area contributed by atoms with Crippen LogP contribution in [-0.2, 0) is 0 Å². The van der Waals surface area contributed by atoms with E-state index in [-0.39, 0.29) is 0 Å². The van der Waals surface area contributed by atoms with Crippen LogP contribution < -0.4 is 0 Å². The second kappa shape index (κ2) is 3.45. The zero-order valence-corrected chi connectivity index (χ0v) is 7.50. The van der Waals surface area contributed by atoms with Gasteiger partial charge in [-0.25, -0.2) is 0 Å². The van der Waals surface area contributed by atoms with Gasteiger partial charge in [-0.2, -0.15) is 0 Å². The monoisotopic (exact) mass is 132 g/mol. The lowest BCUT2D eigenvalue weighted by molar-refractivity contribution is 0.636. The summed E-state index contributed by atoms with van der Waals surface area (Å²) in [6, 6.07) is 0. The van der Waals surface area contributed by atoms with Gasteiger partial charge in [-0.3, -0.25) is 0 Å². The molecule has 0 aliphatic carbocycles. The molecule has 8 heavy (non-hydrogen) atoms. The second-order valence-corrected chi connectivity index (χ2v) is 5.69. The fraction of sp³-hybridized carbons (Fsp3) is 1.00. The Balaban J connectivity index is 3.46. The zero-order valence-electron chi connectivity index (χ0n) is 6.60. The van der Waals surface area contributed by atoms with Crippen LogP contribution in [0, 0.1) is 5.92 Å². The molecule has 1 heteroatoms. The van der Waals surface area contributed by atoms with Crippen LogP contribution in [0.3, 0.4) is 0 Å². The number of hydrogen-bond donors (Lipinski definition) is 0. The highest BCUT2D eigenvalue weighted by Crippen LogP contribution is 2.36. The molecule has 0 N–H and O–H groups in total. The summed E-state index contributed by atoms with van der Waals surface area (Å²) in [7, 11) is 0.299. The van der Waals surface area contributed by atoms with Crippen LogP contribution in [0.25, 0.3) is 0 Å². The minimum Gasteiger partial charge on any atom is -0.110 e. The van der Waals surface area contributed by atoms with Crippen LogP contribution in [0.2, 0.25) is 0 Å². The molecule has 1 unspecified atom stereocenters. The molecule has 0 fully saturated rings. The lowest BCUT2D eigenvalue weighted by Gasteiger charge is -2.19. The van der Waals surface area contributed by atoms with Gasteiger partial charge in [0.05, 0.1) is 0 Å². The summed E-state index contributed by atoms with van der Waals surface area (Å²) in [5, 5.41) is 0. The first-order chi connectivity index (χ1) is 3.55. The average Bonchev–Trinajstić information content (AvgIpc) is 1.64. The summed E-state index contributed by atoms with van der Waals surface area (Å²) in [4.78, 5) is 0. The second-order valence-electron chi connectivity index (χ2n) is 2.95. The van der Waals surface area contributed by atoms with E-state index >= 15 is 0 Å². The first kappa shape index (κ1) is 8.43. The van der Waals surface area contributed by atoms with Gasteiger partial charge in [-0.1, -0.05) is 20.8 Å². The Bertz CT molecular complexity index is 49.4. The summed E-state index contributed by atoms with van der Waals surface area (Å²) in [5.41, 5.74) is 0.935. The molecule has 0 rings (SSSR count). The third-order valence-corrected chi connectivity index (χ3v) is 4.00. The number of rotatable bonds is 2. The predicted octanol–water partition coefficient (Wildman–Crippen LogP) is 2.77. The molecular weight excluding hydrogens is 115 g/mol. The third-order valence-electron chi connectivity index (χ3n) is 1.78. The van der Waals surface area contributed by atoms with E-state index in [4.69, 9.17) is 0 Å². The Labute approximate surface area is 54.4 Å². The van der Waals surface area contributed by atoms with Crippen molar-refractivity contribution in [1.29, 1.82) is 0 Å². The smallest absolute Gasteiger partial charge is 0.0219 e. The standard InChI is InChI=1S/C7H17P/c1-6(2)7(3)8(4)5/h6-7H,1-5H3. The summed E-state index contributed by atoms with van der Waals surface area (Å²) in [5.74, 6) is 0.871. The molecule has 0 aliphatic heterocycles. The van der Waals surface area contributed by atoms with Crippen molar-refractivity contribution in [2.24, 2.45) is 5.92 Å². The molecule has 0 aliphatic rings. The fourth-order valence-corrected chi connectivity index (χ4v) is 1.79. The maximum Gasteiger partial charge on any atom is -0.0219 e. The minimum atomic E-state index is 0.299. The van der Waals surface area contributed by atoms with Crippen LogP contribution in [0.4, 0.5) is 0 Å². The molecule has 0 aromatic rings. The molecule has 0 radical (unpaired) electrons. The van der Waals surface area contributed by atoms with Gasteiger partial charge in [-0.15, -0.1) is 7.92 Å². The van der Waals surface area contributed by atoms with E-state index in [0.29, 0.717) is 7.92 Å². The van der Waals surface area contributed by atoms with E-state index < -0.39 is 0 Å². The van der Waals surface area contributed by atoms with Crippen molar-refractivity contribution in [2.45, 2.75) is 26.4 Å². The van der Waals surface area contributed by atoms with Gasteiger partial charge in [0.15, 0.2) is 0 Å². The van der Waals surface area contributed by atoms with E-state index in [2.05, 4.69) is 34.1 Å². The van der Waals surface area contributed by atoms with Crippen molar-refractivity contribution < 1.29 is 0 Å². The summed E-state index contributed by atoms with van der Waals surface area (Å²) < 4.78 is 0. The molecule has 0 heterocycles. The lowest BCUT2D eigenvalue weighted by atomic mass is 10.2. The van der Waals surface area contributed by atoms with Crippen LogP contribution in [0.5, 0.6) is 0 Å². The van der Waals surface area contributed by atoms with Crippen LogP contribution in [0.15, 0.2) is 0 Å². The van der Waals surface area contributed by atoms with E-state index in [1.807, 2.05) is 0 Å². The summed E-state index contributed by atoms with van der Waals surface area (Å²) >= 11 is 0. The molecule has 0 saturated carbocycles. The van der Waals surface area contributed by atoms with Gasteiger partial charge >= 0.3 is 0 Å². The first-order valence-corrected chi connectivity index (χ1v) is 5.52. The normalized spacial score (nSPS) is 15.4. The zero-order chi connectivity index (χ0) is 6.73. The Morgan fingerprint density at radius 2 is 1.38 bits per heavy atom. The maximum absolute atomic E-state index is 2.35. The Morgan fingerprint density at radius 1 is 1.00 bits per heavy atom. The third kappa shape index (κ3) is 2.67. The molecule has 1 atom stereocenters. The molecule has 0 amide bonds. The van der Waals surface area contributed by atoms with Gasteiger partial charge < -0.3 is 0 Å². The molecule has 0 aromatic carbocycles. The number of hydrogen-bond acceptors (Lipinski definition) is 0. The highest BCUT2D eigenvalue weighted by molar-refractivity contribution is 7.56. The molecule has 0 nitrogen and oxygen atoms in total. The molecular formula is C7H17P. The van der Waals surface area contributed by atoms with Gasteiger partial charge in [0.2, 0.25) is 0 Å². The SMILES string of the molecule is CC(C)C(C)P(C)C. The van der Waals surface area contributed by atoms with Crippen molar-refractivity contribution in [2.75, 3.05) is 13.3 Å². The van der Waals surface area contributed by atoms with Crippen LogP contribution in [-0.4, -0.2) is 19.0 Å². The minimum absolute atomic E-state index is 0.299. The van der Waals surface area contributed by atoms with E-state index in [1.54, 1.807) is 0 Å². The molecule has 0 spiro atoms. The highest BCUT2D eigenvalue weighted by atomic mass is 31.1. The van der Waals surface area contributed by atoms with Crippen molar-refractivity contribution in [3.05, 3.63) is 0 Å². The van der Waals surface area contributed by atoms with E-state index in [0.717, 1.165) is 11.6 Å². The van der Waals surface area contributed by atoms with Crippen molar-refractivity contribution in [3.63, 3.8) is 0 Å². The van der Waals surface area contributed by atoms with Gasteiger partial charge in [-0.05, 0) is 24.9 Å². The Hall–Kier alpha value is 0.430. The van der Waals surface area contributed by atoms with Gasteiger partial charge in [0.25, 0.3) is 0 Å². The van der Waals surface area contributed by atoms with Gasteiger partial charge in [0.1, 0.15) is 0 Å². The molecule has 0 bridgehead atoms. The molecule has 0 aromatic heterocycles. The fourth-order valence-electron chi connectivity index (χ4n) is 0.596. The van der Waals surface area contributed by atoms with Crippen molar-refractivity contribution in [3.8, 4) is 0 Å². The molecule has 0 saturated heterocycles. The quantitative estimate of drug-likeness (QED) is 0.507. The predicted molar refractivity (Wildman–Crippen MR) is 43.1 cm³/mol. The highest BCUT2D eigenvalue weighted by Gasteiger charge is 2.09.